The summed E-state index contributed by atoms with van der Waals surface area (Å²) in [6, 6.07) is 15.3. The Labute approximate surface area is 213 Å². The average Bonchev–Trinajstić information content (AvgIpc) is 2.84. The lowest BCUT2D eigenvalue weighted by atomic mass is 10.1. The molecule has 3 aromatic rings. The molecule has 3 aromatic carbocycles. The number of hydrogen-bond donors (Lipinski definition) is 1. The highest BCUT2D eigenvalue weighted by molar-refractivity contribution is 6.05. The Bertz CT molecular complexity index is 1330. The molecule has 1 saturated heterocycles. The van der Waals surface area contributed by atoms with E-state index in [0.29, 0.717) is 30.8 Å². The summed E-state index contributed by atoms with van der Waals surface area (Å²) < 4.78 is 80.5. The summed E-state index contributed by atoms with van der Waals surface area (Å²) in [5.41, 5.74) is 0.0298. The number of amides is 3. The van der Waals surface area contributed by atoms with Crippen molar-refractivity contribution in [2.45, 2.75) is 25.5 Å². The summed E-state index contributed by atoms with van der Waals surface area (Å²) in [5.74, 6) is -1.14. The van der Waals surface area contributed by atoms with E-state index in [2.05, 4.69) is 10.1 Å². The molecular formula is C26H21F6N3O3. The molecule has 6 nitrogen and oxygen atoms in total. The van der Waals surface area contributed by atoms with E-state index in [1.807, 2.05) is 0 Å². The Morgan fingerprint density at radius 1 is 0.895 bits per heavy atom. The highest BCUT2D eigenvalue weighted by Gasteiger charge is 2.32. The van der Waals surface area contributed by atoms with Crippen LogP contribution in [-0.4, -0.2) is 36.3 Å². The smallest absolute Gasteiger partial charge is 0.406 e. The molecule has 0 spiro atoms. The molecule has 1 N–H and O–H groups in total. The van der Waals surface area contributed by atoms with Crippen molar-refractivity contribution in [2.24, 2.45) is 0 Å². The van der Waals surface area contributed by atoms with Gasteiger partial charge in [-0.2, -0.15) is 13.2 Å². The first-order chi connectivity index (χ1) is 17.9. The maximum absolute atomic E-state index is 13.2. The van der Waals surface area contributed by atoms with Crippen LogP contribution >= 0.6 is 0 Å². The van der Waals surface area contributed by atoms with Gasteiger partial charge in [0.25, 0.3) is 5.91 Å². The van der Waals surface area contributed by atoms with Crippen LogP contribution in [0, 0.1) is 0 Å². The molecule has 0 aromatic heterocycles. The van der Waals surface area contributed by atoms with Gasteiger partial charge in [0.05, 0.1) is 5.56 Å². The molecule has 0 bridgehead atoms. The summed E-state index contributed by atoms with van der Waals surface area (Å²) in [6.07, 6.45) is -8.85. The minimum atomic E-state index is -4.84. The van der Waals surface area contributed by atoms with E-state index >= 15 is 0 Å². The second kappa shape index (κ2) is 10.6. The number of alkyl halides is 6. The van der Waals surface area contributed by atoms with Crippen LogP contribution in [0.25, 0.3) is 0 Å². The first-order valence-electron chi connectivity index (χ1n) is 11.4. The van der Waals surface area contributed by atoms with Gasteiger partial charge in [-0.1, -0.05) is 24.3 Å². The quantitative estimate of drug-likeness (QED) is 0.357. The molecule has 0 aliphatic carbocycles. The van der Waals surface area contributed by atoms with Gasteiger partial charge in [0.2, 0.25) is 0 Å². The van der Waals surface area contributed by atoms with Gasteiger partial charge in [-0.3, -0.25) is 9.69 Å². The largest absolute Gasteiger partial charge is 0.573 e. The lowest BCUT2D eigenvalue weighted by Crippen LogP contribution is -2.49. The molecule has 1 aliphatic rings. The zero-order valence-electron chi connectivity index (χ0n) is 19.6. The number of anilines is 2. The highest BCUT2D eigenvalue weighted by atomic mass is 19.4. The van der Waals surface area contributed by atoms with Gasteiger partial charge in [-0.15, -0.1) is 13.2 Å². The molecule has 200 valence electrons. The average molecular weight is 537 g/mol. The third-order valence-electron chi connectivity index (χ3n) is 5.68. The van der Waals surface area contributed by atoms with Crippen molar-refractivity contribution in [3.8, 4) is 5.75 Å². The number of benzene rings is 3. The van der Waals surface area contributed by atoms with Crippen LogP contribution in [-0.2, 0) is 12.7 Å². The zero-order valence-corrected chi connectivity index (χ0v) is 19.6. The predicted molar refractivity (Wildman–Crippen MR) is 127 cm³/mol. The maximum atomic E-state index is 13.2. The van der Waals surface area contributed by atoms with Gasteiger partial charge in [0, 0.05) is 36.6 Å². The third kappa shape index (κ3) is 6.75. The van der Waals surface area contributed by atoms with E-state index in [9.17, 15) is 35.9 Å². The second-order valence-corrected chi connectivity index (χ2v) is 8.49. The topological polar surface area (TPSA) is 61.9 Å². The van der Waals surface area contributed by atoms with Crippen molar-refractivity contribution in [1.29, 1.82) is 0 Å². The molecular weight excluding hydrogens is 516 g/mol. The highest BCUT2D eigenvalue weighted by Crippen LogP contribution is 2.30. The molecule has 3 amide bonds. The van der Waals surface area contributed by atoms with Crippen molar-refractivity contribution in [2.75, 3.05) is 23.3 Å². The molecule has 0 radical (unpaired) electrons. The zero-order chi connectivity index (χ0) is 27.5. The SMILES string of the molecule is O=C(Nc1cccc(N2CCCN(Cc3cccc(OC(F)(F)F)c3)C2=O)c1)c1cccc(C(F)(F)F)c1. The summed E-state index contributed by atoms with van der Waals surface area (Å²) in [7, 11) is 0. The monoisotopic (exact) mass is 537 g/mol. The van der Waals surface area contributed by atoms with Crippen molar-refractivity contribution in [3.05, 3.63) is 89.5 Å². The van der Waals surface area contributed by atoms with E-state index in [4.69, 9.17) is 0 Å². The van der Waals surface area contributed by atoms with E-state index in [-0.39, 0.29) is 29.6 Å². The summed E-state index contributed by atoms with van der Waals surface area (Å²) >= 11 is 0. The number of nitrogens with zero attached hydrogens (tertiary/aromatic N) is 2. The van der Waals surface area contributed by atoms with Crippen molar-refractivity contribution in [1.82, 2.24) is 4.90 Å². The Kier molecular flexibility index (Phi) is 7.51. The molecule has 4 rings (SSSR count). The minimum absolute atomic E-state index is 0.0519. The van der Waals surface area contributed by atoms with Crippen molar-refractivity contribution in [3.63, 3.8) is 0 Å². The fourth-order valence-electron chi connectivity index (χ4n) is 4.02. The molecule has 1 fully saturated rings. The number of halogens is 6. The summed E-state index contributed by atoms with van der Waals surface area (Å²) in [4.78, 5) is 28.7. The molecule has 0 saturated carbocycles. The molecule has 1 aliphatic heterocycles. The van der Waals surface area contributed by atoms with Crippen LogP contribution in [0.15, 0.2) is 72.8 Å². The third-order valence-corrected chi connectivity index (χ3v) is 5.68. The van der Waals surface area contributed by atoms with E-state index in [1.165, 1.54) is 46.2 Å². The van der Waals surface area contributed by atoms with E-state index in [1.54, 1.807) is 18.2 Å². The van der Waals surface area contributed by atoms with Gasteiger partial charge < -0.3 is 15.0 Å². The Morgan fingerprint density at radius 3 is 2.37 bits per heavy atom. The number of nitrogens with one attached hydrogen (secondary N) is 1. The van der Waals surface area contributed by atoms with Crippen molar-refractivity contribution >= 4 is 23.3 Å². The number of carbonyl (C=O) groups is 2. The molecule has 1 heterocycles. The molecule has 38 heavy (non-hydrogen) atoms. The maximum Gasteiger partial charge on any atom is 0.573 e. The van der Waals surface area contributed by atoms with Crippen molar-refractivity contribution < 1.29 is 40.7 Å². The number of ether oxygens (including phenoxy) is 1. The van der Waals surface area contributed by atoms with Crippen LogP contribution in [0.3, 0.4) is 0 Å². The number of carbonyl (C=O) groups excluding carboxylic acids is 2. The first-order valence-corrected chi connectivity index (χ1v) is 11.4. The van der Waals surface area contributed by atoms with Gasteiger partial charge in [-0.25, -0.2) is 4.79 Å². The van der Waals surface area contributed by atoms with Gasteiger partial charge >= 0.3 is 18.6 Å². The molecule has 0 atom stereocenters. The van der Waals surface area contributed by atoms with E-state index in [0.717, 1.165) is 18.2 Å². The molecule has 12 heteroatoms. The fourth-order valence-corrected chi connectivity index (χ4v) is 4.02. The first kappa shape index (κ1) is 26.8. The van der Waals surface area contributed by atoms with Gasteiger partial charge in [-0.05, 0) is 60.5 Å². The van der Waals surface area contributed by atoms with Crippen LogP contribution in [0.4, 0.5) is 42.5 Å². The lowest BCUT2D eigenvalue weighted by Gasteiger charge is -2.36. The Balaban J connectivity index is 1.46. The number of urea groups is 1. The number of hydrogen-bond acceptors (Lipinski definition) is 3. The Morgan fingerprint density at radius 2 is 1.63 bits per heavy atom. The van der Waals surface area contributed by atoms with Crippen LogP contribution in [0.2, 0.25) is 0 Å². The van der Waals surface area contributed by atoms with Crippen LogP contribution in [0.1, 0.15) is 27.9 Å². The normalized spacial score (nSPS) is 14.4. The van der Waals surface area contributed by atoms with Crippen LogP contribution in [0.5, 0.6) is 5.75 Å². The number of rotatable bonds is 6. The van der Waals surface area contributed by atoms with E-state index < -0.39 is 24.0 Å². The summed E-state index contributed by atoms with van der Waals surface area (Å²) in [6.45, 7) is 0.791. The lowest BCUT2D eigenvalue weighted by molar-refractivity contribution is -0.274. The van der Waals surface area contributed by atoms with Gasteiger partial charge in [0.1, 0.15) is 5.75 Å². The van der Waals surface area contributed by atoms with Gasteiger partial charge in [0.15, 0.2) is 0 Å². The fraction of sp³-hybridized carbons (Fsp3) is 0.231. The predicted octanol–water partition coefficient (Wildman–Crippen LogP) is 6.69. The molecule has 0 unspecified atom stereocenters. The summed E-state index contributed by atoms with van der Waals surface area (Å²) in [5, 5.41) is 2.54. The standard InChI is InChI=1S/C26H21F6N3O3/c27-25(28,29)19-7-2-6-18(14-19)23(36)33-20-8-3-9-21(15-20)35-12-4-11-34(24(35)37)16-17-5-1-10-22(13-17)38-26(30,31)32/h1-3,5-10,13-15H,4,11-12,16H2,(H,33,36). The second-order valence-electron chi connectivity index (χ2n) is 8.49. The Hall–Kier alpha value is -4.22. The van der Waals surface area contributed by atoms with Crippen LogP contribution < -0.4 is 15.0 Å². The minimum Gasteiger partial charge on any atom is -0.406 e.